The Balaban J connectivity index is 1.58. The van der Waals surface area contributed by atoms with Crippen LogP contribution in [0, 0.1) is 0 Å². The van der Waals surface area contributed by atoms with E-state index in [1.807, 2.05) is 24.3 Å². The zero-order chi connectivity index (χ0) is 16.9. The minimum Gasteiger partial charge on any atom is -0.374 e. The average Bonchev–Trinajstić information content (AvgIpc) is 2.63. The van der Waals surface area contributed by atoms with Crippen LogP contribution < -0.4 is 15.5 Å². The molecule has 2 amide bonds. The summed E-state index contributed by atoms with van der Waals surface area (Å²) >= 11 is 0. The number of amides is 2. The summed E-state index contributed by atoms with van der Waals surface area (Å²) in [5.74, 6) is -0.418. The lowest BCUT2D eigenvalue weighted by Gasteiger charge is -2.33. The maximum Gasteiger partial charge on any atom is 0.251 e. The Morgan fingerprint density at radius 3 is 2.58 bits per heavy atom. The van der Waals surface area contributed by atoms with Crippen molar-refractivity contribution in [3.05, 3.63) is 65.7 Å². The van der Waals surface area contributed by atoms with Gasteiger partial charge in [0.15, 0.2) is 0 Å². The molecule has 0 saturated carbocycles. The second-order valence-corrected chi connectivity index (χ2v) is 5.94. The Labute approximate surface area is 141 Å². The smallest absolute Gasteiger partial charge is 0.251 e. The van der Waals surface area contributed by atoms with Gasteiger partial charge < -0.3 is 15.5 Å². The van der Waals surface area contributed by atoms with Gasteiger partial charge in [0.2, 0.25) is 5.91 Å². The molecule has 5 heteroatoms. The van der Waals surface area contributed by atoms with E-state index >= 15 is 0 Å². The van der Waals surface area contributed by atoms with Crippen molar-refractivity contribution >= 4 is 17.5 Å². The molecule has 0 aromatic heterocycles. The number of hydrogen-bond acceptors (Lipinski definition) is 3. The van der Waals surface area contributed by atoms with E-state index in [9.17, 15) is 9.59 Å². The summed E-state index contributed by atoms with van der Waals surface area (Å²) < 4.78 is 0. The third-order valence-electron chi connectivity index (χ3n) is 4.26. The molecule has 0 fully saturated rings. The topological polar surface area (TPSA) is 61.4 Å². The number of anilines is 1. The largest absolute Gasteiger partial charge is 0.374 e. The van der Waals surface area contributed by atoms with Crippen LogP contribution in [0.2, 0.25) is 0 Å². The first-order chi connectivity index (χ1) is 11.6. The van der Waals surface area contributed by atoms with Crippen LogP contribution in [0.3, 0.4) is 0 Å². The number of nitrogens with one attached hydrogen (secondary N) is 2. The lowest BCUT2D eigenvalue weighted by Crippen LogP contribution is -2.41. The van der Waals surface area contributed by atoms with Crippen LogP contribution in [0.15, 0.2) is 54.6 Å². The van der Waals surface area contributed by atoms with Gasteiger partial charge in [0, 0.05) is 24.8 Å². The molecule has 3 rings (SSSR count). The van der Waals surface area contributed by atoms with Crippen LogP contribution in [0.4, 0.5) is 5.69 Å². The van der Waals surface area contributed by atoms with Crippen LogP contribution in [0.25, 0.3) is 0 Å². The normalized spacial score (nSPS) is 16.2. The Morgan fingerprint density at radius 2 is 1.79 bits per heavy atom. The number of benzene rings is 2. The van der Waals surface area contributed by atoms with E-state index < -0.39 is 0 Å². The van der Waals surface area contributed by atoms with Gasteiger partial charge in [0.1, 0.15) is 0 Å². The Hall–Kier alpha value is -2.82. The molecule has 2 aromatic rings. The molecule has 1 aliphatic rings. The van der Waals surface area contributed by atoms with E-state index in [4.69, 9.17) is 0 Å². The Morgan fingerprint density at radius 1 is 1.08 bits per heavy atom. The van der Waals surface area contributed by atoms with Crippen LogP contribution >= 0.6 is 0 Å². The summed E-state index contributed by atoms with van der Waals surface area (Å²) in [5.41, 5.74) is 2.81. The highest BCUT2D eigenvalue weighted by Crippen LogP contribution is 2.32. The molecular formula is C19H21N3O2. The predicted octanol–water partition coefficient (Wildman–Crippen LogP) is 2.11. The van der Waals surface area contributed by atoms with Gasteiger partial charge in [-0.05, 0) is 30.2 Å². The first-order valence-corrected chi connectivity index (χ1v) is 8.08. The summed E-state index contributed by atoms with van der Waals surface area (Å²) in [5, 5.41) is 5.68. The van der Waals surface area contributed by atoms with Crippen molar-refractivity contribution in [2.45, 2.75) is 12.5 Å². The molecule has 1 unspecified atom stereocenters. The maximum atomic E-state index is 12.2. The SMILES string of the molecule is CN1CCC(NC(=O)CNC(=O)c2ccccc2)c2ccccc21. The van der Waals surface area contributed by atoms with Gasteiger partial charge in [-0.15, -0.1) is 0 Å². The van der Waals surface area contributed by atoms with Gasteiger partial charge in [-0.2, -0.15) is 0 Å². The predicted molar refractivity (Wildman–Crippen MR) is 94.0 cm³/mol. The molecule has 0 aliphatic carbocycles. The molecule has 5 nitrogen and oxygen atoms in total. The van der Waals surface area contributed by atoms with Crippen LogP contribution in [0.5, 0.6) is 0 Å². The van der Waals surface area contributed by atoms with Gasteiger partial charge in [-0.1, -0.05) is 36.4 Å². The molecule has 0 radical (unpaired) electrons. The number of nitrogens with zero attached hydrogens (tertiary/aromatic N) is 1. The fourth-order valence-corrected chi connectivity index (χ4v) is 2.98. The third-order valence-corrected chi connectivity index (χ3v) is 4.26. The fourth-order valence-electron chi connectivity index (χ4n) is 2.98. The average molecular weight is 323 g/mol. The summed E-state index contributed by atoms with van der Waals surface area (Å²) in [4.78, 5) is 26.4. The molecule has 1 atom stereocenters. The second kappa shape index (κ2) is 7.17. The third kappa shape index (κ3) is 3.56. The minimum absolute atomic E-state index is 0.0153. The molecule has 1 heterocycles. The van der Waals surface area contributed by atoms with Crippen molar-refractivity contribution in [1.29, 1.82) is 0 Å². The molecule has 0 saturated heterocycles. The zero-order valence-corrected chi connectivity index (χ0v) is 13.7. The van der Waals surface area contributed by atoms with Crippen molar-refractivity contribution in [2.24, 2.45) is 0 Å². The number of carbonyl (C=O) groups is 2. The first-order valence-electron chi connectivity index (χ1n) is 8.08. The van der Waals surface area contributed by atoms with Gasteiger partial charge in [-0.25, -0.2) is 0 Å². The van der Waals surface area contributed by atoms with Crippen molar-refractivity contribution in [1.82, 2.24) is 10.6 Å². The molecule has 0 bridgehead atoms. The monoisotopic (exact) mass is 323 g/mol. The molecule has 2 N–H and O–H groups in total. The van der Waals surface area contributed by atoms with Crippen molar-refractivity contribution < 1.29 is 9.59 Å². The standard InChI is InChI=1S/C19H21N3O2/c1-22-12-11-16(15-9-5-6-10-17(15)22)21-18(23)13-20-19(24)14-7-3-2-4-8-14/h2-10,16H,11-13H2,1H3,(H,20,24)(H,21,23). The number of para-hydroxylation sites is 1. The van der Waals surface area contributed by atoms with E-state index in [-0.39, 0.29) is 24.4 Å². The fraction of sp³-hybridized carbons (Fsp3) is 0.263. The van der Waals surface area contributed by atoms with Crippen molar-refractivity contribution in [3.63, 3.8) is 0 Å². The molecule has 1 aliphatic heterocycles. The number of hydrogen-bond donors (Lipinski definition) is 2. The first kappa shape index (κ1) is 16.1. The zero-order valence-electron chi connectivity index (χ0n) is 13.7. The van der Waals surface area contributed by atoms with Crippen molar-refractivity contribution in [3.8, 4) is 0 Å². The number of fused-ring (bicyclic) bond motifs is 1. The van der Waals surface area contributed by atoms with Crippen LogP contribution in [-0.2, 0) is 4.79 Å². The van der Waals surface area contributed by atoms with Gasteiger partial charge >= 0.3 is 0 Å². The quantitative estimate of drug-likeness (QED) is 0.906. The van der Waals surface area contributed by atoms with Gasteiger partial charge in [0.05, 0.1) is 12.6 Å². The van der Waals surface area contributed by atoms with Gasteiger partial charge in [-0.3, -0.25) is 9.59 Å². The highest BCUT2D eigenvalue weighted by Gasteiger charge is 2.24. The summed E-state index contributed by atoms with van der Waals surface area (Å²) in [6, 6.07) is 17.0. The number of rotatable bonds is 4. The molecular weight excluding hydrogens is 302 g/mol. The highest BCUT2D eigenvalue weighted by atomic mass is 16.2. The minimum atomic E-state index is -0.241. The van der Waals surface area contributed by atoms with E-state index in [2.05, 4.69) is 28.6 Å². The molecule has 2 aromatic carbocycles. The molecule has 124 valence electrons. The van der Waals surface area contributed by atoms with Crippen LogP contribution in [0.1, 0.15) is 28.4 Å². The summed E-state index contributed by atoms with van der Waals surface area (Å²) in [7, 11) is 2.05. The Bertz CT molecular complexity index is 730. The van der Waals surface area contributed by atoms with Gasteiger partial charge in [0.25, 0.3) is 5.91 Å². The lowest BCUT2D eigenvalue weighted by atomic mass is 9.97. The summed E-state index contributed by atoms with van der Waals surface area (Å²) in [6.45, 7) is 0.862. The number of carbonyl (C=O) groups excluding carboxylic acids is 2. The second-order valence-electron chi connectivity index (χ2n) is 5.94. The van der Waals surface area contributed by atoms with E-state index in [0.717, 1.165) is 24.2 Å². The Kier molecular flexibility index (Phi) is 4.79. The van der Waals surface area contributed by atoms with Crippen LogP contribution in [-0.4, -0.2) is 32.0 Å². The van der Waals surface area contributed by atoms with E-state index in [1.54, 1.807) is 24.3 Å². The molecule has 24 heavy (non-hydrogen) atoms. The lowest BCUT2D eigenvalue weighted by molar-refractivity contribution is -0.120. The highest BCUT2D eigenvalue weighted by molar-refractivity contribution is 5.96. The summed E-state index contributed by atoms with van der Waals surface area (Å²) in [6.07, 6.45) is 0.853. The van der Waals surface area contributed by atoms with E-state index in [1.165, 1.54) is 0 Å². The van der Waals surface area contributed by atoms with Crippen molar-refractivity contribution in [2.75, 3.05) is 25.0 Å². The molecule has 0 spiro atoms. The maximum absolute atomic E-state index is 12.2. The van der Waals surface area contributed by atoms with E-state index in [0.29, 0.717) is 5.56 Å².